The van der Waals surface area contributed by atoms with Crippen molar-refractivity contribution in [2.24, 2.45) is 11.3 Å². The van der Waals surface area contributed by atoms with Crippen molar-refractivity contribution in [2.45, 2.75) is 46.0 Å². The summed E-state index contributed by atoms with van der Waals surface area (Å²) < 4.78 is 13.1. The van der Waals surface area contributed by atoms with Crippen molar-refractivity contribution in [3.63, 3.8) is 0 Å². The number of amides is 2. The molecule has 0 bridgehead atoms. The monoisotopic (exact) mass is 360 g/mol. The molecule has 2 aliphatic heterocycles. The Morgan fingerprint density at radius 1 is 1.19 bits per heavy atom. The van der Waals surface area contributed by atoms with Gasteiger partial charge in [-0.25, -0.2) is 4.39 Å². The topological polar surface area (TPSA) is 40.6 Å². The van der Waals surface area contributed by atoms with E-state index in [0.717, 1.165) is 45.3 Å². The summed E-state index contributed by atoms with van der Waals surface area (Å²) in [6.07, 6.45) is 4.47. The lowest BCUT2D eigenvalue weighted by molar-refractivity contribution is -0.139. The molecule has 0 saturated carbocycles. The van der Waals surface area contributed by atoms with Crippen LogP contribution in [0, 0.1) is 17.2 Å². The molecule has 26 heavy (non-hydrogen) atoms. The molecule has 3 rings (SSSR count). The van der Waals surface area contributed by atoms with Crippen LogP contribution in [0.4, 0.5) is 4.39 Å². The summed E-state index contributed by atoms with van der Waals surface area (Å²) in [6, 6.07) is 5.77. The van der Waals surface area contributed by atoms with E-state index in [1.165, 1.54) is 12.1 Å². The number of hydrogen-bond acceptors (Lipinski definition) is 2. The largest absolute Gasteiger partial charge is 0.342 e. The number of piperidine rings is 2. The molecular formula is C21H29FN2O2. The second kappa shape index (κ2) is 7.77. The number of nitrogens with zero attached hydrogens (tertiary/aromatic N) is 2. The highest BCUT2D eigenvalue weighted by Crippen LogP contribution is 2.39. The maximum atomic E-state index is 13.1. The Labute approximate surface area is 155 Å². The van der Waals surface area contributed by atoms with Gasteiger partial charge in [-0.05, 0) is 55.9 Å². The lowest BCUT2D eigenvalue weighted by Crippen LogP contribution is -2.55. The third-order valence-electron chi connectivity index (χ3n) is 5.76. The molecule has 5 heteroatoms. The van der Waals surface area contributed by atoms with Gasteiger partial charge in [0.05, 0.1) is 0 Å². The van der Waals surface area contributed by atoms with Crippen LogP contribution in [0.5, 0.6) is 0 Å². The SMILES string of the molecule is CC(C)CCN1C[C@]2(CCCN(C(=O)c3ccc(F)cc3)C2)CCC1=O. The number of likely N-dealkylation sites (tertiary alicyclic amines) is 2. The summed E-state index contributed by atoms with van der Waals surface area (Å²) in [4.78, 5) is 29.0. The van der Waals surface area contributed by atoms with Crippen LogP contribution in [-0.4, -0.2) is 47.8 Å². The second-order valence-electron chi connectivity index (χ2n) is 8.33. The fraction of sp³-hybridized carbons (Fsp3) is 0.619. The van der Waals surface area contributed by atoms with E-state index in [-0.39, 0.29) is 23.0 Å². The lowest BCUT2D eigenvalue weighted by Gasteiger charge is -2.48. The van der Waals surface area contributed by atoms with Crippen LogP contribution >= 0.6 is 0 Å². The van der Waals surface area contributed by atoms with Gasteiger partial charge in [-0.15, -0.1) is 0 Å². The van der Waals surface area contributed by atoms with E-state index in [1.807, 2.05) is 9.80 Å². The normalized spacial score (nSPS) is 23.8. The average molecular weight is 360 g/mol. The van der Waals surface area contributed by atoms with Gasteiger partial charge in [0.25, 0.3) is 5.91 Å². The van der Waals surface area contributed by atoms with Crippen LogP contribution in [0.15, 0.2) is 24.3 Å². The van der Waals surface area contributed by atoms with Crippen LogP contribution in [0.3, 0.4) is 0 Å². The Morgan fingerprint density at radius 3 is 2.62 bits per heavy atom. The highest BCUT2D eigenvalue weighted by Gasteiger charge is 2.42. The molecular weight excluding hydrogens is 331 g/mol. The molecule has 1 atom stereocenters. The highest BCUT2D eigenvalue weighted by atomic mass is 19.1. The third kappa shape index (κ3) is 4.25. The Hall–Kier alpha value is -1.91. The minimum absolute atomic E-state index is 0.0127. The van der Waals surface area contributed by atoms with Gasteiger partial charge in [-0.3, -0.25) is 9.59 Å². The van der Waals surface area contributed by atoms with Crippen molar-refractivity contribution in [3.8, 4) is 0 Å². The fourth-order valence-corrected chi connectivity index (χ4v) is 4.21. The first-order chi connectivity index (χ1) is 12.4. The number of rotatable bonds is 4. The van der Waals surface area contributed by atoms with Gasteiger partial charge < -0.3 is 9.80 Å². The van der Waals surface area contributed by atoms with Gasteiger partial charge in [-0.1, -0.05) is 13.8 Å². The van der Waals surface area contributed by atoms with E-state index >= 15 is 0 Å². The van der Waals surface area contributed by atoms with Crippen LogP contribution in [0.25, 0.3) is 0 Å². The predicted octanol–water partition coefficient (Wildman–Crippen LogP) is 3.72. The van der Waals surface area contributed by atoms with Crippen molar-refractivity contribution >= 4 is 11.8 Å². The molecule has 2 aliphatic rings. The van der Waals surface area contributed by atoms with Crippen LogP contribution in [-0.2, 0) is 4.79 Å². The molecule has 2 fully saturated rings. The lowest BCUT2D eigenvalue weighted by atomic mass is 9.73. The first kappa shape index (κ1) is 18.9. The van der Waals surface area contributed by atoms with Gasteiger partial charge in [0.2, 0.25) is 5.91 Å². The predicted molar refractivity (Wildman–Crippen MR) is 99.2 cm³/mol. The maximum absolute atomic E-state index is 13.1. The van der Waals surface area contributed by atoms with E-state index in [1.54, 1.807) is 12.1 Å². The molecule has 0 aromatic heterocycles. The zero-order valence-electron chi connectivity index (χ0n) is 15.8. The number of halogens is 1. The van der Waals surface area contributed by atoms with Crippen LogP contribution in [0.1, 0.15) is 56.3 Å². The van der Waals surface area contributed by atoms with Crippen molar-refractivity contribution in [1.29, 1.82) is 0 Å². The molecule has 2 saturated heterocycles. The minimum atomic E-state index is -0.330. The first-order valence-electron chi connectivity index (χ1n) is 9.71. The van der Waals surface area contributed by atoms with Gasteiger partial charge in [0.15, 0.2) is 0 Å². The van der Waals surface area contributed by atoms with Gasteiger partial charge in [-0.2, -0.15) is 0 Å². The van der Waals surface area contributed by atoms with Gasteiger partial charge in [0.1, 0.15) is 5.82 Å². The van der Waals surface area contributed by atoms with E-state index in [0.29, 0.717) is 24.4 Å². The molecule has 0 unspecified atom stereocenters. The Kier molecular flexibility index (Phi) is 5.64. The second-order valence-corrected chi connectivity index (χ2v) is 8.33. The minimum Gasteiger partial charge on any atom is -0.342 e. The summed E-state index contributed by atoms with van der Waals surface area (Å²) in [6.45, 7) is 7.34. The summed E-state index contributed by atoms with van der Waals surface area (Å²) in [5.74, 6) is 0.458. The van der Waals surface area contributed by atoms with Crippen molar-refractivity contribution in [2.75, 3.05) is 26.2 Å². The Morgan fingerprint density at radius 2 is 1.92 bits per heavy atom. The third-order valence-corrected chi connectivity index (χ3v) is 5.76. The van der Waals surface area contributed by atoms with Crippen molar-refractivity contribution < 1.29 is 14.0 Å². The standard InChI is InChI=1S/C21H29FN2O2/c1-16(2)9-13-23-14-21(11-8-19(23)25)10-3-12-24(15-21)20(26)17-4-6-18(22)7-5-17/h4-7,16H,3,8-15H2,1-2H3/t21-/m0/s1. The maximum Gasteiger partial charge on any atom is 0.253 e. The first-order valence-corrected chi connectivity index (χ1v) is 9.71. The molecule has 0 aliphatic carbocycles. The number of carbonyl (C=O) groups is 2. The van der Waals surface area contributed by atoms with E-state index < -0.39 is 0 Å². The zero-order chi connectivity index (χ0) is 18.7. The fourth-order valence-electron chi connectivity index (χ4n) is 4.21. The number of benzene rings is 1. The van der Waals surface area contributed by atoms with E-state index in [2.05, 4.69) is 13.8 Å². The molecule has 0 N–H and O–H groups in total. The Bertz CT molecular complexity index is 658. The summed E-state index contributed by atoms with van der Waals surface area (Å²) in [5, 5.41) is 0. The van der Waals surface area contributed by atoms with Crippen LogP contribution < -0.4 is 0 Å². The van der Waals surface area contributed by atoms with Crippen molar-refractivity contribution in [1.82, 2.24) is 9.80 Å². The van der Waals surface area contributed by atoms with Crippen LogP contribution in [0.2, 0.25) is 0 Å². The Balaban J connectivity index is 1.69. The molecule has 2 amide bonds. The highest BCUT2D eigenvalue weighted by molar-refractivity contribution is 5.94. The number of hydrogen-bond donors (Lipinski definition) is 0. The van der Waals surface area contributed by atoms with Crippen molar-refractivity contribution in [3.05, 3.63) is 35.6 Å². The quantitative estimate of drug-likeness (QED) is 0.821. The number of carbonyl (C=O) groups excluding carboxylic acids is 2. The van der Waals surface area contributed by atoms with Gasteiger partial charge in [0, 0.05) is 43.6 Å². The molecule has 0 radical (unpaired) electrons. The van der Waals surface area contributed by atoms with E-state index in [9.17, 15) is 14.0 Å². The molecule has 2 heterocycles. The summed E-state index contributed by atoms with van der Waals surface area (Å²) in [7, 11) is 0. The molecule has 1 aromatic carbocycles. The smallest absolute Gasteiger partial charge is 0.253 e. The average Bonchev–Trinajstić information content (AvgIpc) is 2.63. The molecule has 1 aromatic rings. The van der Waals surface area contributed by atoms with E-state index in [4.69, 9.17) is 0 Å². The molecule has 4 nitrogen and oxygen atoms in total. The molecule has 142 valence electrons. The molecule has 1 spiro atoms. The van der Waals surface area contributed by atoms with Gasteiger partial charge >= 0.3 is 0 Å². The summed E-state index contributed by atoms with van der Waals surface area (Å²) >= 11 is 0. The zero-order valence-corrected chi connectivity index (χ0v) is 15.8. The summed E-state index contributed by atoms with van der Waals surface area (Å²) in [5.41, 5.74) is 0.547.